The molecule has 2 amide bonds. The van der Waals surface area contributed by atoms with Gasteiger partial charge < -0.3 is 30.3 Å². The normalized spacial score (nSPS) is 14.7. The highest BCUT2D eigenvalue weighted by molar-refractivity contribution is 9.09. The zero-order chi connectivity index (χ0) is 26.6. The van der Waals surface area contributed by atoms with Gasteiger partial charge in [-0.25, -0.2) is 9.59 Å². The number of rotatable bonds is 12. The molecular weight excluding hydrogens is 528 g/mol. The number of aliphatic hydroxyl groups excluding tert-OH is 2. The van der Waals surface area contributed by atoms with Gasteiger partial charge in [0, 0.05) is 11.4 Å². The van der Waals surface area contributed by atoms with E-state index in [1.54, 1.807) is 20.8 Å². The fourth-order valence-corrected chi connectivity index (χ4v) is 4.10. The highest BCUT2D eigenvalue weighted by Crippen LogP contribution is 2.20. The van der Waals surface area contributed by atoms with Crippen LogP contribution in [0.15, 0.2) is 60.7 Å². The molecule has 0 saturated carbocycles. The second-order valence-electron chi connectivity index (χ2n) is 9.57. The molecule has 4 N–H and O–H groups in total. The van der Waals surface area contributed by atoms with Crippen molar-refractivity contribution in [2.45, 2.75) is 75.3 Å². The summed E-state index contributed by atoms with van der Waals surface area (Å²) in [5, 5.41) is 27.1. The topological polar surface area (TPSA) is 117 Å². The Bertz CT molecular complexity index is 923. The smallest absolute Gasteiger partial charge is 0.407 e. The lowest BCUT2D eigenvalue weighted by molar-refractivity contribution is -0.00968. The van der Waals surface area contributed by atoms with E-state index in [4.69, 9.17) is 9.47 Å². The maximum absolute atomic E-state index is 12.4. The van der Waals surface area contributed by atoms with E-state index >= 15 is 0 Å². The predicted molar refractivity (Wildman–Crippen MR) is 142 cm³/mol. The number of halogens is 1. The van der Waals surface area contributed by atoms with E-state index in [-0.39, 0.29) is 6.61 Å². The Morgan fingerprint density at radius 2 is 1.50 bits per heavy atom. The molecule has 0 heterocycles. The zero-order valence-corrected chi connectivity index (χ0v) is 22.6. The molecule has 198 valence electrons. The van der Waals surface area contributed by atoms with Crippen molar-refractivity contribution in [3.63, 3.8) is 0 Å². The van der Waals surface area contributed by atoms with Crippen molar-refractivity contribution in [3.05, 3.63) is 71.8 Å². The van der Waals surface area contributed by atoms with Crippen LogP contribution in [0.3, 0.4) is 0 Å². The predicted octanol–water partition coefficient (Wildman–Crippen LogP) is 4.31. The molecule has 2 aromatic rings. The molecule has 0 aliphatic carbocycles. The van der Waals surface area contributed by atoms with Gasteiger partial charge in [-0.1, -0.05) is 76.6 Å². The minimum atomic E-state index is -1.26. The van der Waals surface area contributed by atoms with Crippen LogP contribution in [0, 0.1) is 0 Å². The van der Waals surface area contributed by atoms with Gasteiger partial charge in [0.05, 0.1) is 12.1 Å². The van der Waals surface area contributed by atoms with Crippen LogP contribution in [-0.4, -0.2) is 57.6 Å². The summed E-state index contributed by atoms with van der Waals surface area (Å²) in [6.45, 7) is 5.80. The van der Waals surface area contributed by atoms with Crippen molar-refractivity contribution in [1.82, 2.24) is 10.6 Å². The number of aliphatic hydroxyl groups is 2. The Balaban J connectivity index is 1.84. The average molecular weight is 566 g/mol. The van der Waals surface area contributed by atoms with Crippen LogP contribution >= 0.6 is 15.9 Å². The summed E-state index contributed by atoms with van der Waals surface area (Å²) in [6, 6.07) is 18.0. The quantitative estimate of drug-likeness (QED) is 0.225. The lowest BCUT2D eigenvalue weighted by Crippen LogP contribution is -2.53. The second-order valence-corrected chi connectivity index (χ2v) is 10.7. The average Bonchev–Trinajstić information content (AvgIpc) is 2.84. The largest absolute Gasteiger partial charge is 0.445 e. The van der Waals surface area contributed by atoms with E-state index in [2.05, 4.69) is 26.6 Å². The first-order valence-electron chi connectivity index (χ1n) is 12.0. The Labute approximate surface area is 221 Å². The third kappa shape index (κ3) is 11.4. The molecule has 2 rings (SSSR count). The summed E-state index contributed by atoms with van der Waals surface area (Å²) in [7, 11) is 0. The van der Waals surface area contributed by atoms with Crippen LogP contribution in [0.5, 0.6) is 0 Å². The van der Waals surface area contributed by atoms with Gasteiger partial charge in [0.2, 0.25) is 0 Å². The molecule has 0 aliphatic rings. The van der Waals surface area contributed by atoms with E-state index in [1.165, 1.54) is 0 Å². The number of carbonyl (C=O) groups is 2. The molecule has 8 nitrogen and oxygen atoms in total. The summed E-state index contributed by atoms with van der Waals surface area (Å²) in [4.78, 5) is 23.8. The molecule has 36 heavy (non-hydrogen) atoms. The number of amides is 2. The number of nitrogens with one attached hydrogen (secondary N) is 2. The standard InChI is InChI=1S/C27H37BrN2O6/c1-27(2,3)36-26(34)30-22(17-19-11-6-4-7-12-19)24(32)23(31)21(28)15-10-16-29-25(33)35-18-20-13-8-5-9-14-20/h4-9,11-14,21-24,31-32H,10,15-18H2,1-3H3,(H,29,33)(H,30,34)/t21-,22+,23+,24-/m1/s1. The van der Waals surface area contributed by atoms with Crippen LogP contribution < -0.4 is 10.6 Å². The maximum atomic E-state index is 12.4. The third-order valence-electron chi connectivity index (χ3n) is 5.27. The van der Waals surface area contributed by atoms with Crippen LogP contribution in [0.2, 0.25) is 0 Å². The molecule has 9 heteroatoms. The second kappa shape index (κ2) is 14.8. The lowest BCUT2D eigenvalue weighted by Gasteiger charge is -2.31. The first-order valence-corrected chi connectivity index (χ1v) is 12.9. The van der Waals surface area contributed by atoms with Gasteiger partial charge in [0.15, 0.2) is 0 Å². The van der Waals surface area contributed by atoms with E-state index < -0.39 is 40.9 Å². The molecule has 0 unspecified atom stereocenters. The van der Waals surface area contributed by atoms with Crippen LogP contribution in [0.1, 0.15) is 44.7 Å². The summed E-state index contributed by atoms with van der Waals surface area (Å²) in [5.41, 5.74) is 1.10. The minimum absolute atomic E-state index is 0.187. The lowest BCUT2D eigenvalue weighted by atomic mass is 9.95. The van der Waals surface area contributed by atoms with Crippen molar-refractivity contribution >= 4 is 28.1 Å². The van der Waals surface area contributed by atoms with E-state index in [0.29, 0.717) is 25.8 Å². The molecule has 0 saturated heterocycles. The van der Waals surface area contributed by atoms with E-state index in [0.717, 1.165) is 11.1 Å². The van der Waals surface area contributed by atoms with Gasteiger partial charge >= 0.3 is 12.2 Å². The molecule has 0 aromatic heterocycles. The zero-order valence-electron chi connectivity index (χ0n) is 21.0. The number of alkyl carbamates (subject to hydrolysis) is 2. The number of alkyl halides is 1. The minimum Gasteiger partial charge on any atom is -0.445 e. The number of benzene rings is 2. The molecule has 0 spiro atoms. The Hall–Kier alpha value is -2.62. The SMILES string of the molecule is CC(C)(C)OC(=O)N[C@@H](Cc1ccccc1)[C@@H](O)[C@@H](O)[C@H](Br)CCCNC(=O)OCc1ccccc1. The molecular formula is C27H37BrN2O6. The number of hydrogen-bond donors (Lipinski definition) is 4. The third-order valence-corrected chi connectivity index (χ3v) is 6.27. The van der Waals surface area contributed by atoms with Crippen molar-refractivity contribution in [2.24, 2.45) is 0 Å². The Kier molecular flexibility index (Phi) is 12.2. The van der Waals surface area contributed by atoms with Crippen LogP contribution in [0.4, 0.5) is 9.59 Å². The fourth-order valence-electron chi connectivity index (χ4n) is 3.47. The van der Waals surface area contributed by atoms with Crippen molar-refractivity contribution in [2.75, 3.05) is 6.54 Å². The molecule has 0 fully saturated rings. The number of carbonyl (C=O) groups excluding carboxylic acids is 2. The molecule has 4 atom stereocenters. The molecule has 0 radical (unpaired) electrons. The summed E-state index contributed by atoms with van der Waals surface area (Å²) >= 11 is 3.44. The van der Waals surface area contributed by atoms with Crippen LogP contribution in [-0.2, 0) is 22.5 Å². The van der Waals surface area contributed by atoms with Gasteiger partial charge in [-0.3, -0.25) is 0 Å². The summed E-state index contributed by atoms with van der Waals surface area (Å²) < 4.78 is 10.5. The van der Waals surface area contributed by atoms with Crippen molar-refractivity contribution in [3.8, 4) is 0 Å². The maximum Gasteiger partial charge on any atom is 0.407 e. The first kappa shape index (κ1) is 29.6. The van der Waals surface area contributed by atoms with Crippen molar-refractivity contribution in [1.29, 1.82) is 0 Å². The molecule has 0 aliphatic heterocycles. The summed E-state index contributed by atoms with van der Waals surface area (Å²) in [5.74, 6) is 0. The van der Waals surface area contributed by atoms with Crippen LogP contribution in [0.25, 0.3) is 0 Å². The van der Waals surface area contributed by atoms with E-state index in [1.807, 2.05) is 60.7 Å². The summed E-state index contributed by atoms with van der Waals surface area (Å²) in [6.07, 6.45) is -2.28. The Morgan fingerprint density at radius 3 is 2.08 bits per heavy atom. The number of hydrogen-bond acceptors (Lipinski definition) is 6. The fraction of sp³-hybridized carbons (Fsp3) is 0.481. The van der Waals surface area contributed by atoms with Crippen molar-refractivity contribution < 1.29 is 29.3 Å². The van der Waals surface area contributed by atoms with Gasteiger partial charge in [-0.2, -0.15) is 0 Å². The highest BCUT2D eigenvalue weighted by atomic mass is 79.9. The van der Waals surface area contributed by atoms with Gasteiger partial charge in [-0.05, 0) is 51.2 Å². The monoisotopic (exact) mass is 564 g/mol. The van der Waals surface area contributed by atoms with Gasteiger partial charge in [0.25, 0.3) is 0 Å². The molecule has 0 bridgehead atoms. The Morgan fingerprint density at radius 1 is 0.917 bits per heavy atom. The first-order chi connectivity index (χ1) is 17.0. The van der Waals surface area contributed by atoms with E-state index in [9.17, 15) is 19.8 Å². The van der Waals surface area contributed by atoms with Gasteiger partial charge in [0.1, 0.15) is 18.3 Å². The number of ether oxygens (including phenoxy) is 2. The highest BCUT2D eigenvalue weighted by Gasteiger charge is 2.33. The van der Waals surface area contributed by atoms with Gasteiger partial charge in [-0.15, -0.1) is 0 Å². The molecule has 2 aromatic carbocycles.